The predicted octanol–water partition coefficient (Wildman–Crippen LogP) is 2.68. The number of hydrogen-bond donors (Lipinski definition) is 2. The van der Waals surface area contributed by atoms with Gasteiger partial charge in [-0.15, -0.1) is 0 Å². The summed E-state index contributed by atoms with van der Waals surface area (Å²) in [5, 5.41) is 11.0. The first-order valence-corrected chi connectivity index (χ1v) is 9.66. The van der Waals surface area contributed by atoms with E-state index in [1.165, 1.54) is 12.1 Å². The number of aliphatic carboxylic acids is 1. The average Bonchev–Trinajstić information content (AvgIpc) is 2.54. The van der Waals surface area contributed by atoms with Crippen LogP contribution in [0, 0.1) is 0 Å². The summed E-state index contributed by atoms with van der Waals surface area (Å²) in [6.45, 7) is 3.24. The Morgan fingerprint density at radius 1 is 1.00 bits per heavy atom. The lowest BCUT2D eigenvalue weighted by Gasteiger charge is -2.09. The van der Waals surface area contributed by atoms with E-state index in [0.717, 1.165) is 0 Å². The first kappa shape index (κ1) is 19.7. The van der Waals surface area contributed by atoms with E-state index in [1.54, 1.807) is 50.2 Å². The van der Waals surface area contributed by atoms with Crippen molar-refractivity contribution in [2.45, 2.75) is 36.8 Å². The van der Waals surface area contributed by atoms with Gasteiger partial charge in [0.05, 0.1) is 23.0 Å². The topological polar surface area (TPSA) is 101 Å². The van der Waals surface area contributed by atoms with Crippen LogP contribution in [0.15, 0.2) is 53.4 Å². The molecule has 2 N–H and O–H groups in total. The first-order valence-electron chi connectivity index (χ1n) is 8.12. The smallest absolute Gasteiger partial charge is 0.307 e. The van der Waals surface area contributed by atoms with E-state index in [9.17, 15) is 18.0 Å². The summed E-state index contributed by atoms with van der Waals surface area (Å²) in [6.07, 6.45) is -0.0271. The van der Waals surface area contributed by atoms with Crippen LogP contribution in [0.2, 0.25) is 0 Å². The van der Waals surface area contributed by atoms with Crippen LogP contribution in [0.25, 0.3) is 0 Å². The van der Waals surface area contributed by atoms with Gasteiger partial charge in [-0.25, -0.2) is 8.42 Å². The van der Waals surface area contributed by atoms with E-state index in [4.69, 9.17) is 5.11 Å². The highest BCUT2D eigenvalue weighted by Gasteiger charge is 2.18. The van der Waals surface area contributed by atoms with Crippen LogP contribution < -0.4 is 5.32 Å². The molecule has 2 rings (SSSR count). The Balaban J connectivity index is 2.03. The van der Waals surface area contributed by atoms with Gasteiger partial charge in [0.1, 0.15) is 0 Å². The van der Waals surface area contributed by atoms with Crippen LogP contribution in [0.1, 0.15) is 25.0 Å². The second kappa shape index (κ2) is 8.14. The van der Waals surface area contributed by atoms with E-state index in [-0.39, 0.29) is 23.6 Å². The van der Waals surface area contributed by atoms with Crippen LogP contribution in [0.4, 0.5) is 5.69 Å². The maximum atomic E-state index is 12.2. The Hall–Kier alpha value is -2.67. The molecular weight excluding hydrogens is 354 g/mol. The largest absolute Gasteiger partial charge is 0.481 e. The Bertz CT molecular complexity index is 902. The summed E-state index contributed by atoms with van der Waals surface area (Å²) < 4.78 is 24.2. The Labute approximate surface area is 152 Å². The Kier molecular flexibility index (Phi) is 6.15. The maximum absolute atomic E-state index is 12.2. The van der Waals surface area contributed by atoms with E-state index in [1.807, 2.05) is 0 Å². The van der Waals surface area contributed by atoms with Crippen molar-refractivity contribution in [1.82, 2.24) is 0 Å². The van der Waals surface area contributed by atoms with Crippen molar-refractivity contribution in [3.63, 3.8) is 0 Å². The molecule has 0 aliphatic heterocycles. The van der Waals surface area contributed by atoms with Gasteiger partial charge in [-0.1, -0.05) is 24.3 Å². The van der Waals surface area contributed by atoms with Gasteiger partial charge < -0.3 is 10.4 Å². The molecule has 0 heterocycles. The zero-order valence-electron chi connectivity index (χ0n) is 14.6. The fraction of sp³-hybridized carbons (Fsp3) is 0.263. The molecule has 0 spiro atoms. The molecule has 2 aromatic rings. The molecule has 0 bridgehead atoms. The minimum atomic E-state index is -3.33. The van der Waals surface area contributed by atoms with Gasteiger partial charge >= 0.3 is 5.97 Å². The minimum Gasteiger partial charge on any atom is -0.481 e. The molecule has 0 aliphatic rings. The number of carboxylic acid groups (broad SMARTS) is 1. The zero-order chi connectivity index (χ0) is 19.3. The van der Waals surface area contributed by atoms with Crippen molar-refractivity contribution in [3.05, 3.63) is 59.7 Å². The lowest BCUT2D eigenvalue weighted by molar-refractivity contribution is -0.136. The number of benzene rings is 2. The van der Waals surface area contributed by atoms with Crippen LogP contribution >= 0.6 is 0 Å². The van der Waals surface area contributed by atoms with Crippen molar-refractivity contribution in [1.29, 1.82) is 0 Å². The third-order valence-corrected chi connectivity index (χ3v) is 5.97. The highest BCUT2D eigenvalue weighted by molar-refractivity contribution is 7.92. The van der Waals surface area contributed by atoms with E-state index in [2.05, 4.69) is 5.32 Å². The second-order valence-electron chi connectivity index (χ2n) is 6.23. The summed E-state index contributed by atoms with van der Waals surface area (Å²) in [5.41, 5.74) is 1.80. The Morgan fingerprint density at radius 3 is 2.23 bits per heavy atom. The first-order chi connectivity index (χ1) is 12.2. The molecule has 0 radical (unpaired) electrons. The van der Waals surface area contributed by atoms with Crippen LogP contribution in [0.3, 0.4) is 0 Å². The fourth-order valence-corrected chi connectivity index (χ4v) is 3.45. The van der Waals surface area contributed by atoms with Crippen LogP contribution in [-0.2, 0) is 32.3 Å². The van der Waals surface area contributed by atoms with Gasteiger partial charge in [-0.05, 0) is 49.2 Å². The number of amides is 1. The van der Waals surface area contributed by atoms with Crippen molar-refractivity contribution in [3.8, 4) is 0 Å². The number of rotatable bonds is 7. The number of carbonyl (C=O) groups is 2. The summed E-state index contributed by atoms with van der Waals surface area (Å²) in [7, 11) is -3.33. The van der Waals surface area contributed by atoms with Crippen molar-refractivity contribution >= 4 is 27.4 Å². The summed E-state index contributed by atoms with van der Waals surface area (Å²) in [5.74, 6) is -1.21. The lowest BCUT2D eigenvalue weighted by atomic mass is 10.1. The maximum Gasteiger partial charge on any atom is 0.307 e. The number of hydrogen-bond acceptors (Lipinski definition) is 4. The molecule has 0 fully saturated rings. The van der Waals surface area contributed by atoms with Gasteiger partial charge in [0.2, 0.25) is 5.91 Å². The van der Waals surface area contributed by atoms with E-state index < -0.39 is 21.1 Å². The van der Waals surface area contributed by atoms with Gasteiger partial charge in [-0.3, -0.25) is 9.59 Å². The highest BCUT2D eigenvalue weighted by Crippen LogP contribution is 2.17. The summed E-state index contributed by atoms with van der Waals surface area (Å²) in [4.78, 5) is 23.1. The fourth-order valence-electron chi connectivity index (χ4n) is 2.39. The molecule has 0 saturated carbocycles. The van der Waals surface area contributed by atoms with E-state index >= 15 is 0 Å². The monoisotopic (exact) mass is 375 g/mol. The number of anilines is 1. The van der Waals surface area contributed by atoms with Gasteiger partial charge in [0.25, 0.3) is 0 Å². The van der Waals surface area contributed by atoms with Crippen LogP contribution in [-0.4, -0.2) is 30.7 Å². The normalized spacial score (nSPS) is 11.3. The quantitative estimate of drug-likeness (QED) is 0.775. The number of carbonyl (C=O) groups excluding carboxylic acids is 1. The number of sulfone groups is 1. The molecule has 26 heavy (non-hydrogen) atoms. The van der Waals surface area contributed by atoms with Crippen molar-refractivity contribution < 1.29 is 23.1 Å². The highest BCUT2D eigenvalue weighted by atomic mass is 32.2. The van der Waals surface area contributed by atoms with Gasteiger partial charge in [-0.2, -0.15) is 0 Å². The predicted molar refractivity (Wildman–Crippen MR) is 98.9 cm³/mol. The molecule has 2 aromatic carbocycles. The Morgan fingerprint density at radius 2 is 1.65 bits per heavy atom. The molecule has 0 unspecified atom stereocenters. The molecule has 0 aromatic heterocycles. The molecule has 7 heteroatoms. The molecule has 0 saturated heterocycles. The summed E-state index contributed by atoms with van der Waals surface area (Å²) >= 11 is 0. The van der Waals surface area contributed by atoms with Crippen LogP contribution in [0.5, 0.6) is 0 Å². The average molecular weight is 375 g/mol. The third-order valence-electron chi connectivity index (χ3n) is 3.80. The molecule has 6 nitrogen and oxygen atoms in total. The second-order valence-corrected chi connectivity index (χ2v) is 8.74. The number of nitrogens with one attached hydrogen (secondary N) is 1. The van der Waals surface area contributed by atoms with Crippen molar-refractivity contribution in [2.75, 3.05) is 5.32 Å². The van der Waals surface area contributed by atoms with Crippen molar-refractivity contribution in [2.24, 2.45) is 0 Å². The molecular formula is C19H21NO5S. The third kappa shape index (κ3) is 5.16. The lowest BCUT2D eigenvalue weighted by Crippen LogP contribution is -2.16. The minimum absolute atomic E-state index is 0.0885. The standard InChI is InChI=1S/C19H21NO5S/c1-13(2)26(24,25)17-8-6-14(7-9-17)11-18(21)20-16-5-3-4-15(10-16)12-19(22)23/h3-10,13H,11-12H2,1-2H3,(H,20,21)(H,22,23). The zero-order valence-corrected chi connectivity index (χ0v) is 15.4. The molecule has 1 amide bonds. The molecule has 0 aliphatic carbocycles. The summed E-state index contributed by atoms with van der Waals surface area (Å²) in [6, 6.07) is 12.9. The SMILES string of the molecule is CC(C)S(=O)(=O)c1ccc(CC(=O)Nc2cccc(CC(=O)O)c2)cc1. The molecule has 138 valence electrons. The molecule has 0 atom stereocenters. The van der Waals surface area contributed by atoms with Gasteiger partial charge in [0, 0.05) is 5.69 Å². The van der Waals surface area contributed by atoms with E-state index in [0.29, 0.717) is 16.8 Å². The van der Waals surface area contributed by atoms with Gasteiger partial charge in [0.15, 0.2) is 9.84 Å². The number of carboxylic acids is 1.